The quantitative estimate of drug-likeness (QED) is 0.774. The smallest absolute Gasteiger partial charge is 0.237 e. The first-order valence-corrected chi connectivity index (χ1v) is 6.85. The number of nitrogens with zero attached hydrogens (tertiary/aromatic N) is 3. The Morgan fingerprint density at radius 3 is 3.11 bits per heavy atom. The molecule has 1 N–H and O–H groups in total. The molecule has 3 aromatic heterocycles. The monoisotopic (exact) mass is 274 g/mol. The average molecular weight is 274 g/mol. The molecule has 0 aromatic carbocycles. The topological polar surface area (TPSA) is 51.5 Å². The third kappa shape index (κ3) is 2.45. The molecule has 98 valence electrons. The molecule has 0 saturated carbocycles. The van der Waals surface area contributed by atoms with Crippen LogP contribution >= 0.6 is 11.3 Å². The van der Waals surface area contributed by atoms with Crippen molar-refractivity contribution >= 4 is 16.3 Å². The number of aromatic nitrogens is 3. The van der Waals surface area contributed by atoms with Gasteiger partial charge in [0, 0.05) is 30.9 Å². The zero-order valence-electron chi connectivity index (χ0n) is 10.5. The molecular weight excluding hydrogens is 260 g/mol. The number of fused-ring (bicyclic) bond motifs is 1. The number of thiazole rings is 1. The lowest BCUT2D eigenvalue weighted by molar-refractivity contribution is 0.392. The van der Waals surface area contributed by atoms with Crippen LogP contribution in [0.3, 0.4) is 0 Å². The fourth-order valence-corrected chi connectivity index (χ4v) is 2.67. The summed E-state index contributed by atoms with van der Waals surface area (Å²) in [5, 5.41) is 5.38. The summed E-state index contributed by atoms with van der Waals surface area (Å²) >= 11 is 1.60. The normalized spacial score (nSPS) is 11.0. The molecule has 0 aliphatic carbocycles. The van der Waals surface area contributed by atoms with Crippen molar-refractivity contribution in [3.63, 3.8) is 0 Å². The zero-order chi connectivity index (χ0) is 13.1. The molecule has 19 heavy (non-hydrogen) atoms. The van der Waals surface area contributed by atoms with Crippen molar-refractivity contribution in [2.45, 2.75) is 13.1 Å². The molecule has 3 rings (SSSR count). The van der Waals surface area contributed by atoms with Crippen LogP contribution in [0.1, 0.15) is 11.4 Å². The van der Waals surface area contributed by atoms with E-state index in [-0.39, 0.29) is 0 Å². The van der Waals surface area contributed by atoms with Crippen molar-refractivity contribution in [1.82, 2.24) is 19.7 Å². The molecule has 0 bridgehead atoms. The minimum atomic E-state index is 0.681. The molecule has 0 saturated heterocycles. The summed E-state index contributed by atoms with van der Waals surface area (Å²) < 4.78 is 7.36. The molecular formula is C13H14N4OS. The summed E-state index contributed by atoms with van der Waals surface area (Å²) in [4.78, 5) is 9.65. The summed E-state index contributed by atoms with van der Waals surface area (Å²) in [5.41, 5.74) is 2.06. The van der Waals surface area contributed by atoms with Gasteiger partial charge in [0.25, 0.3) is 0 Å². The van der Waals surface area contributed by atoms with Crippen molar-refractivity contribution in [2.75, 3.05) is 7.11 Å². The van der Waals surface area contributed by atoms with E-state index in [2.05, 4.69) is 19.7 Å². The van der Waals surface area contributed by atoms with Crippen LogP contribution in [0.25, 0.3) is 4.96 Å². The van der Waals surface area contributed by atoms with Gasteiger partial charge in [-0.15, -0.1) is 11.3 Å². The lowest BCUT2D eigenvalue weighted by Gasteiger charge is -2.05. The van der Waals surface area contributed by atoms with Crippen LogP contribution < -0.4 is 10.1 Å². The summed E-state index contributed by atoms with van der Waals surface area (Å²) in [5.74, 6) is 0.681. The van der Waals surface area contributed by atoms with E-state index in [4.69, 9.17) is 4.74 Å². The largest absolute Gasteiger partial charge is 0.480 e. The van der Waals surface area contributed by atoms with Gasteiger partial charge in [0.1, 0.15) is 5.69 Å². The second-order valence-electron chi connectivity index (χ2n) is 4.05. The van der Waals surface area contributed by atoms with Gasteiger partial charge in [-0.05, 0) is 12.1 Å². The van der Waals surface area contributed by atoms with Gasteiger partial charge >= 0.3 is 0 Å². The van der Waals surface area contributed by atoms with E-state index in [1.54, 1.807) is 24.6 Å². The first kappa shape index (κ1) is 12.1. The number of methoxy groups -OCH3 is 1. The minimum absolute atomic E-state index is 0.681. The molecule has 0 aliphatic heterocycles. The number of hydrogen-bond acceptors (Lipinski definition) is 5. The number of nitrogens with one attached hydrogen (secondary N) is 1. The molecule has 6 heteroatoms. The number of imidazole rings is 1. The molecule has 0 fully saturated rings. The van der Waals surface area contributed by atoms with E-state index in [9.17, 15) is 0 Å². The van der Waals surface area contributed by atoms with E-state index in [0.717, 1.165) is 22.9 Å². The maximum Gasteiger partial charge on any atom is 0.237 e. The number of hydrogen-bond donors (Lipinski definition) is 1. The minimum Gasteiger partial charge on any atom is -0.480 e. The highest BCUT2D eigenvalue weighted by molar-refractivity contribution is 7.15. The van der Waals surface area contributed by atoms with E-state index in [1.807, 2.05) is 29.8 Å². The highest BCUT2D eigenvalue weighted by Crippen LogP contribution is 2.22. The van der Waals surface area contributed by atoms with Crippen molar-refractivity contribution in [3.05, 3.63) is 47.4 Å². The second kappa shape index (κ2) is 5.38. The van der Waals surface area contributed by atoms with E-state index >= 15 is 0 Å². The van der Waals surface area contributed by atoms with Crippen molar-refractivity contribution in [2.24, 2.45) is 0 Å². The molecule has 0 spiro atoms. The van der Waals surface area contributed by atoms with Crippen LogP contribution in [-0.4, -0.2) is 21.5 Å². The van der Waals surface area contributed by atoms with Gasteiger partial charge in [0.15, 0.2) is 4.96 Å². The lowest BCUT2D eigenvalue weighted by atomic mass is 10.3. The predicted molar refractivity (Wildman–Crippen MR) is 74.4 cm³/mol. The maximum absolute atomic E-state index is 5.31. The molecule has 3 heterocycles. The fourth-order valence-electron chi connectivity index (χ4n) is 1.95. The molecule has 0 aliphatic rings. The molecule has 0 unspecified atom stereocenters. The first-order chi connectivity index (χ1) is 9.38. The van der Waals surface area contributed by atoms with Gasteiger partial charge in [-0.1, -0.05) is 6.07 Å². The van der Waals surface area contributed by atoms with E-state index in [0.29, 0.717) is 12.4 Å². The van der Waals surface area contributed by atoms with Gasteiger partial charge in [-0.3, -0.25) is 9.38 Å². The Kier molecular flexibility index (Phi) is 3.43. The SMILES string of the molecule is COc1nc2sccn2c1CNCc1ccccn1. The molecule has 0 radical (unpaired) electrons. The van der Waals surface area contributed by atoms with Crippen LogP contribution in [-0.2, 0) is 13.1 Å². The Hall–Kier alpha value is -1.92. The Morgan fingerprint density at radius 2 is 2.32 bits per heavy atom. The number of rotatable bonds is 5. The Labute approximate surface area is 114 Å². The van der Waals surface area contributed by atoms with Crippen LogP contribution in [0.4, 0.5) is 0 Å². The van der Waals surface area contributed by atoms with E-state index in [1.165, 1.54) is 0 Å². The molecule has 5 nitrogen and oxygen atoms in total. The predicted octanol–water partition coefficient (Wildman–Crippen LogP) is 2.09. The summed E-state index contributed by atoms with van der Waals surface area (Å²) in [7, 11) is 1.65. The van der Waals surface area contributed by atoms with Crippen molar-refractivity contribution < 1.29 is 4.74 Å². The zero-order valence-corrected chi connectivity index (χ0v) is 11.4. The van der Waals surface area contributed by atoms with Gasteiger partial charge in [-0.25, -0.2) is 0 Å². The van der Waals surface area contributed by atoms with Crippen LogP contribution in [0, 0.1) is 0 Å². The van der Waals surface area contributed by atoms with Crippen LogP contribution in [0.15, 0.2) is 36.0 Å². The van der Waals surface area contributed by atoms with Gasteiger partial charge in [0.05, 0.1) is 12.8 Å². The number of pyridine rings is 1. The standard InChI is InChI=1S/C13H14N4OS/c1-18-12-11(17-6-7-19-13(17)16-12)9-14-8-10-4-2-3-5-15-10/h2-7,14H,8-9H2,1H3. The third-order valence-corrected chi connectivity index (χ3v) is 3.60. The maximum atomic E-state index is 5.31. The Bertz CT molecular complexity index is 662. The lowest BCUT2D eigenvalue weighted by Crippen LogP contribution is -2.15. The van der Waals surface area contributed by atoms with Gasteiger partial charge in [-0.2, -0.15) is 4.98 Å². The van der Waals surface area contributed by atoms with Crippen LogP contribution in [0.5, 0.6) is 5.88 Å². The average Bonchev–Trinajstić information content (AvgIpc) is 3.02. The number of ether oxygens (including phenoxy) is 1. The molecule has 0 atom stereocenters. The Balaban J connectivity index is 1.72. The van der Waals surface area contributed by atoms with Crippen LogP contribution in [0.2, 0.25) is 0 Å². The highest BCUT2D eigenvalue weighted by atomic mass is 32.1. The van der Waals surface area contributed by atoms with Crippen molar-refractivity contribution in [1.29, 1.82) is 0 Å². The van der Waals surface area contributed by atoms with E-state index < -0.39 is 0 Å². The molecule has 3 aromatic rings. The first-order valence-electron chi connectivity index (χ1n) is 5.97. The van der Waals surface area contributed by atoms with Gasteiger partial charge in [0.2, 0.25) is 5.88 Å². The second-order valence-corrected chi connectivity index (χ2v) is 4.92. The molecule has 0 amide bonds. The highest BCUT2D eigenvalue weighted by Gasteiger charge is 2.12. The third-order valence-electron chi connectivity index (χ3n) is 2.84. The summed E-state index contributed by atoms with van der Waals surface area (Å²) in [6, 6.07) is 5.90. The summed E-state index contributed by atoms with van der Waals surface area (Å²) in [6.07, 6.45) is 3.81. The Morgan fingerprint density at radius 1 is 1.37 bits per heavy atom. The summed E-state index contributed by atoms with van der Waals surface area (Å²) in [6.45, 7) is 1.42. The van der Waals surface area contributed by atoms with Crippen molar-refractivity contribution in [3.8, 4) is 5.88 Å². The van der Waals surface area contributed by atoms with Gasteiger partial charge < -0.3 is 10.1 Å². The fraction of sp³-hybridized carbons (Fsp3) is 0.231.